The van der Waals surface area contributed by atoms with E-state index in [0.717, 1.165) is 11.4 Å². The molecule has 8 rings (SSSR count). The Labute approximate surface area is 232 Å². The van der Waals surface area contributed by atoms with Gasteiger partial charge in [-0.1, -0.05) is 86.6 Å². The van der Waals surface area contributed by atoms with Crippen molar-refractivity contribution in [2.24, 2.45) is 0 Å². The summed E-state index contributed by atoms with van der Waals surface area (Å²) in [5.74, 6) is 0. The standard InChI is InChI=1S/C37H27NS/c1-37(2)32-21-25-9-4-3-8-24(25)20-31(32)29-19-18-27(22-33(29)37)38-26-16-14-23(15-17-26)28-11-7-13-35-36(28)30-10-5-6-12-34(30)39-35/h3-22,38H,1-2H3. The average Bonchev–Trinajstić information content (AvgIpc) is 3.45. The van der Waals surface area contributed by atoms with Crippen LogP contribution < -0.4 is 5.32 Å². The normalized spacial score (nSPS) is 13.6. The highest BCUT2D eigenvalue weighted by atomic mass is 32.1. The van der Waals surface area contributed by atoms with E-state index in [1.165, 1.54) is 64.3 Å². The van der Waals surface area contributed by atoms with Crippen molar-refractivity contribution in [3.8, 4) is 22.3 Å². The van der Waals surface area contributed by atoms with Gasteiger partial charge in [0.2, 0.25) is 0 Å². The first-order valence-electron chi connectivity index (χ1n) is 13.5. The highest BCUT2D eigenvalue weighted by molar-refractivity contribution is 7.25. The molecule has 0 unspecified atom stereocenters. The van der Waals surface area contributed by atoms with Crippen molar-refractivity contribution in [3.05, 3.63) is 132 Å². The van der Waals surface area contributed by atoms with Gasteiger partial charge in [-0.25, -0.2) is 0 Å². The molecule has 0 fully saturated rings. The highest BCUT2D eigenvalue weighted by Gasteiger charge is 2.35. The lowest BCUT2D eigenvalue weighted by atomic mass is 9.82. The molecule has 2 heteroatoms. The molecule has 1 nitrogen and oxygen atoms in total. The zero-order valence-corrected chi connectivity index (χ0v) is 22.8. The van der Waals surface area contributed by atoms with Crippen molar-refractivity contribution >= 4 is 53.7 Å². The summed E-state index contributed by atoms with van der Waals surface area (Å²) in [5.41, 5.74) is 10.2. The van der Waals surface area contributed by atoms with Gasteiger partial charge in [0, 0.05) is 37.0 Å². The Balaban J connectivity index is 1.13. The van der Waals surface area contributed by atoms with Crippen LogP contribution in [0.5, 0.6) is 0 Å². The van der Waals surface area contributed by atoms with Gasteiger partial charge in [-0.05, 0) is 92.7 Å². The molecule has 39 heavy (non-hydrogen) atoms. The molecule has 1 N–H and O–H groups in total. The first kappa shape index (κ1) is 22.6. The fourth-order valence-corrected chi connectivity index (χ4v) is 7.55. The molecular weight excluding hydrogens is 490 g/mol. The third kappa shape index (κ3) is 3.45. The van der Waals surface area contributed by atoms with E-state index in [2.05, 4.69) is 140 Å². The van der Waals surface area contributed by atoms with E-state index in [9.17, 15) is 0 Å². The Hall–Kier alpha value is -4.40. The first-order valence-corrected chi connectivity index (χ1v) is 14.3. The van der Waals surface area contributed by atoms with Crippen molar-refractivity contribution in [1.82, 2.24) is 0 Å². The summed E-state index contributed by atoms with van der Waals surface area (Å²) in [7, 11) is 0. The minimum atomic E-state index is -0.0434. The molecule has 0 aliphatic heterocycles. The summed E-state index contributed by atoms with van der Waals surface area (Å²) in [5, 5.41) is 8.97. The molecule has 1 aliphatic rings. The highest BCUT2D eigenvalue weighted by Crippen LogP contribution is 2.50. The number of benzene rings is 6. The lowest BCUT2D eigenvalue weighted by molar-refractivity contribution is 0.661. The zero-order chi connectivity index (χ0) is 26.1. The summed E-state index contributed by atoms with van der Waals surface area (Å²) in [6.45, 7) is 4.69. The summed E-state index contributed by atoms with van der Waals surface area (Å²) in [6, 6.07) is 44.5. The van der Waals surface area contributed by atoms with E-state index in [1.807, 2.05) is 11.3 Å². The topological polar surface area (TPSA) is 12.0 Å². The number of hydrogen-bond donors (Lipinski definition) is 1. The monoisotopic (exact) mass is 517 g/mol. The van der Waals surface area contributed by atoms with E-state index < -0.39 is 0 Å². The molecule has 6 aromatic carbocycles. The lowest BCUT2D eigenvalue weighted by Crippen LogP contribution is -2.15. The molecular formula is C37H27NS. The van der Waals surface area contributed by atoms with Gasteiger partial charge in [0.05, 0.1) is 0 Å². The van der Waals surface area contributed by atoms with Crippen LogP contribution >= 0.6 is 11.3 Å². The van der Waals surface area contributed by atoms with Crippen LogP contribution in [0.25, 0.3) is 53.2 Å². The fraction of sp³-hybridized carbons (Fsp3) is 0.0811. The Morgan fingerprint density at radius 2 is 1.23 bits per heavy atom. The molecule has 7 aromatic rings. The Bertz CT molecular complexity index is 2060. The SMILES string of the molecule is CC1(C)c2cc(Nc3ccc(-c4cccc5sc6ccccc6c45)cc3)ccc2-c2cc3ccccc3cc21. The first-order chi connectivity index (χ1) is 19.1. The van der Waals surface area contributed by atoms with Crippen molar-refractivity contribution in [2.75, 3.05) is 5.32 Å². The molecule has 1 aromatic heterocycles. The predicted molar refractivity (Wildman–Crippen MR) is 170 cm³/mol. The maximum atomic E-state index is 3.67. The van der Waals surface area contributed by atoms with Crippen LogP contribution in [-0.2, 0) is 5.41 Å². The Morgan fingerprint density at radius 1 is 0.538 bits per heavy atom. The lowest BCUT2D eigenvalue weighted by Gasteiger charge is -2.22. The van der Waals surface area contributed by atoms with Crippen LogP contribution in [0.3, 0.4) is 0 Å². The number of rotatable bonds is 3. The summed E-state index contributed by atoms with van der Waals surface area (Å²) < 4.78 is 2.68. The largest absolute Gasteiger partial charge is 0.356 e. The second kappa shape index (κ2) is 8.30. The molecule has 0 saturated carbocycles. The minimum Gasteiger partial charge on any atom is -0.356 e. The van der Waals surface area contributed by atoms with E-state index in [0.29, 0.717) is 0 Å². The zero-order valence-electron chi connectivity index (χ0n) is 22.0. The molecule has 0 atom stereocenters. The van der Waals surface area contributed by atoms with Gasteiger partial charge in [-0.3, -0.25) is 0 Å². The smallest absolute Gasteiger partial charge is 0.0387 e. The minimum absolute atomic E-state index is 0.0434. The number of thiophene rings is 1. The quantitative estimate of drug-likeness (QED) is 0.246. The van der Waals surface area contributed by atoms with E-state index >= 15 is 0 Å². The van der Waals surface area contributed by atoms with Gasteiger partial charge in [0.15, 0.2) is 0 Å². The van der Waals surface area contributed by atoms with Crippen LogP contribution in [0.2, 0.25) is 0 Å². The van der Waals surface area contributed by atoms with Gasteiger partial charge in [0.1, 0.15) is 0 Å². The van der Waals surface area contributed by atoms with Crippen LogP contribution in [-0.4, -0.2) is 0 Å². The van der Waals surface area contributed by atoms with Crippen LogP contribution in [0.4, 0.5) is 11.4 Å². The fourth-order valence-electron chi connectivity index (χ4n) is 6.41. The predicted octanol–water partition coefficient (Wildman–Crippen LogP) is 10.9. The van der Waals surface area contributed by atoms with E-state index in [4.69, 9.17) is 0 Å². The number of anilines is 2. The van der Waals surface area contributed by atoms with Crippen LogP contribution in [0.1, 0.15) is 25.0 Å². The third-order valence-corrected chi connectivity index (χ3v) is 9.57. The number of nitrogens with one attached hydrogen (secondary N) is 1. The van der Waals surface area contributed by atoms with Gasteiger partial charge in [0.25, 0.3) is 0 Å². The maximum absolute atomic E-state index is 3.67. The molecule has 186 valence electrons. The molecule has 0 amide bonds. The summed E-state index contributed by atoms with van der Waals surface area (Å²) in [4.78, 5) is 0. The van der Waals surface area contributed by atoms with Gasteiger partial charge in [-0.15, -0.1) is 11.3 Å². The number of hydrogen-bond acceptors (Lipinski definition) is 2. The third-order valence-electron chi connectivity index (χ3n) is 8.43. The second-order valence-electron chi connectivity index (χ2n) is 11.1. The van der Waals surface area contributed by atoms with Crippen LogP contribution in [0.15, 0.2) is 121 Å². The molecule has 1 aliphatic carbocycles. The van der Waals surface area contributed by atoms with E-state index in [1.54, 1.807) is 0 Å². The molecule has 0 saturated heterocycles. The number of fused-ring (bicyclic) bond motifs is 7. The molecule has 1 heterocycles. The molecule has 0 spiro atoms. The van der Waals surface area contributed by atoms with Gasteiger partial charge < -0.3 is 5.32 Å². The van der Waals surface area contributed by atoms with Crippen molar-refractivity contribution in [3.63, 3.8) is 0 Å². The van der Waals surface area contributed by atoms with Crippen LogP contribution in [0, 0.1) is 0 Å². The van der Waals surface area contributed by atoms with Gasteiger partial charge >= 0.3 is 0 Å². The summed E-state index contributed by atoms with van der Waals surface area (Å²) in [6.07, 6.45) is 0. The summed E-state index contributed by atoms with van der Waals surface area (Å²) >= 11 is 1.87. The maximum Gasteiger partial charge on any atom is 0.0387 e. The van der Waals surface area contributed by atoms with Crippen molar-refractivity contribution < 1.29 is 0 Å². The van der Waals surface area contributed by atoms with Crippen molar-refractivity contribution in [1.29, 1.82) is 0 Å². The average molecular weight is 518 g/mol. The molecule has 0 bridgehead atoms. The Morgan fingerprint density at radius 3 is 2.08 bits per heavy atom. The van der Waals surface area contributed by atoms with Crippen molar-refractivity contribution in [2.45, 2.75) is 19.3 Å². The Kier molecular flexibility index (Phi) is 4.80. The second-order valence-corrected chi connectivity index (χ2v) is 12.2. The molecule has 0 radical (unpaired) electrons. The van der Waals surface area contributed by atoms with E-state index in [-0.39, 0.29) is 5.41 Å². The van der Waals surface area contributed by atoms with Gasteiger partial charge in [-0.2, -0.15) is 0 Å².